The van der Waals surface area contributed by atoms with Crippen LogP contribution in [0, 0.1) is 5.92 Å². The van der Waals surface area contributed by atoms with Gasteiger partial charge < -0.3 is 20.5 Å². The van der Waals surface area contributed by atoms with Crippen molar-refractivity contribution in [2.75, 3.05) is 39.3 Å². The molecule has 0 spiro atoms. The van der Waals surface area contributed by atoms with E-state index < -0.39 is 0 Å². The molecule has 0 saturated carbocycles. The molecular weight excluding hydrogens is 322 g/mol. The van der Waals surface area contributed by atoms with Crippen molar-refractivity contribution >= 4 is 16.9 Å². The van der Waals surface area contributed by atoms with E-state index in [-0.39, 0.29) is 0 Å². The molecule has 0 radical (unpaired) electrons. The molecule has 2 aromatic rings. The second-order valence-corrected chi connectivity index (χ2v) is 7.16. The maximum Gasteiger partial charge on any atom is 0.191 e. The Bertz CT molecular complexity index is 705. The summed E-state index contributed by atoms with van der Waals surface area (Å²) in [6, 6.07) is 8.48. The molecule has 0 bridgehead atoms. The number of rotatable bonds is 7. The van der Waals surface area contributed by atoms with Crippen molar-refractivity contribution in [3.8, 4) is 0 Å². The highest BCUT2D eigenvalue weighted by molar-refractivity contribution is 5.83. The Morgan fingerprint density at radius 1 is 1.27 bits per heavy atom. The fourth-order valence-electron chi connectivity index (χ4n) is 3.80. The molecule has 142 valence electrons. The molecule has 1 aromatic carbocycles. The van der Waals surface area contributed by atoms with Gasteiger partial charge in [-0.05, 0) is 56.8 Å². The molecule has 1 fully saturated rings. The van der Waals surface area contributed by atoms with E-state index in [0.717, 1.165) is 38.6 Å². The van der Waals surface area contributed by atoms with Gasteiger partial charge in [0.25, 0.3) is 0 Å². The van der Waals surface area contributed by atoms with Crippen molar-refractivity contribution < 1.29 is 0 Å². The highest BCUT2D eigenvalue weighted by Gasteiger charge is 2.18. The first-order chi connectivity index (χ1) is 12.8. The number of benzene rings is 1. The van der Waals surface area contributed by atoms with E-state index in [1.54, 1.807) is 0 Å². The Labute approximate surface area is 157 Å². The molecule has 0 amide bonds. The standard InChI is InChI=1S/C21H33N5/c1-3-22-21(25-14-17-8-7-13-26(4-2)16-17)23-12-11-18-15-24-20-10-6-5-9-19(18)20/h5-6,9-10,15,17,24H,3-4,7-8,11-14,16H2,1-2H3,(H2,22,23,25). The first-order valence-corrected chi connectivity index (χ1v) is 10.1. The van der Waals surface area contributed by atoms with Crippen LogP contribution in [0.15, 0.2) is 35.5 Å². The molecule has 0 aliphatic carbocycles. The number of piperidine rings is 1. The summed E-state index contributed by atoms with van der Waals surface area (Å²) >= 11 is 0. The van der Waals surface area contributed by atoms with Gasteiger partial charge in [0.15, 0.2) is 5.96 Å². The molecule has 5 nitrogen and oxygen atoms in total. The molecule has 1 aliphatic rings. The van der Waals surface area contributed by atoms with Gasteiger partial charge in [-0.15, -0.1) is 0 Å². The summed E-state index contributed by atoms with van der Waals surface area (Å²) in [6.45, 7) is 10.7. The number of fused-ring (bicyclic) bond motifs is 1. The van der Waals surface area contributed by atoms with Crippen molar-refractivity contribution in [3.63, 3.8) is 0 Å². The van der Waals surface area contributed by atoms with Gasteiger partial charge in [-0.3, -0.25) is 4.99 Å². The minimum Gasteiger partial charge on any atom is -0.361 e. The van der Waals surface area contributed by atoms with Crippen LogP contribution in [0.5, 0.6) is 0 Å². The topological polar surface area (TPSA) is 55.5 Å². The fraction of sp³-hybridized carbons (Fsp3) is 0.571. The Kier molecular flexibility index (Phi) is 6.95. The molecule has 3 rings (SSSR count). The van der Waals surface area contributed by atoms with Crippen molar-refractivity contribution in [2.45, 2.75) is 33.1 Å². The summed E-state index contributed by atoms with van der Waals surface area (Å²) in [5, 5.41) is 8.20. The number of H-pyrrole nitrogens is 1. The third-order valence-electron chi connectivity index (χ3n) is 5.26. The lowest BCUT2D eigenvalue weighted by atomic mass is 9.98. The van der Waals surface area contributed by atoms with E-state index in [1.807, 2.05) is 0 Å². The number of aliphatic imine (C=N–C) groups is 1. The average molecular weight is 356 g/mol. The number of aromatic amines is 1. The first kappa shape index (κ1) is 18.8. The van der Waals surface area contributed by atoms with Gasteiger partial charge >= 0.3 is 0 Å². The molecule has 1 atom stereocenters. The number of nitrogens with zero attached hydrogens (tertiary/aromatic N) is 2. The Hall–Kier alpha value is -2.01. The third kappa shape index (κ3) is 5.01. The van der Waals surface area contributed by atoms with Crippen LogP contribution in [-0.4, -0.2) is 55.1 Å². The van der Waals surface area contributed by atoms with E-state index in [4.69, 9.17) is 4.99 Å². The zero-order valence-electron chi connectivity index (χ0n) is 16.2. The predicted molar refractivity (Wildman–Crippen MR) is 111 cm³/mol. The van der Waals surface area contributed by atoms with Gasteiger partial charge in [0, 0.05) is 43.3 Å². The number of guanidine groups is 1. The third-order valence-corrected chi connectivity index (χ3v) is 5.26. The molecule has 3 N–H and O–H groups in total. The maximum absolute atomic E-state index is 4.85. The number of aromatic nitrogens is 1. The lowest BCUT2D eigenvalue weighted by Gasteiger charge is -2.31. The van der Waals surface area contributed by atoms with Crippen LogP contribution in [0.1, 0.15) is 32.3 Å². The molecule has 26 heavy (non-hydrogen) atoms. The van der Waals surface area contributed by atoms with Crippen LogP contribution >= 0.6 is 0 Å². The molecule has 1 unspecified atom stereocenters. The van der Waals surface area contributed by atoms with Gasteiger partial charge in [-0.1, -0.05) is 25.1 Å². The second-order valence-electron chi connectivity index (χ2n) is 7.16. The SMILES string of the molecule is CCNC(=NCC1CCCN(CC)C1)NCCc1c[nH]c2ccccc12. The van der Waals surface area contributed by atoms with Gasteiger partial charge in [0.05, 0.1) is 0 Å². The van der Waals surface area contributed by atoms with Crippen LogP contribution in [-0.2, 0) is 6.42 Å². The number of nitrogens with one attached hydrogen (secondary N) is 3. The van der Waals surface area contributed by atoms with Gasteiger partial charge in [-0.25, -0.2) is 0 Å². The van der Waals surface area contributed by atoms with E-state index in [2.05, 4.69) is 64.8 Å². The minimum atomic E-state index is 0.688. The fourth-order valence-corrected chi connectivity index (χ4v) is 3.80. The molecule has 5 heteroatoms. The summed E-state index contributed by atoms with van der Waals surface area (Å²) in [5.74, 6) is 1.63. The smallest absolute Gasteiger partial charge is 0.191 e. The van der Waals surface area contributed by atoms with Crippen molar-refractivity contribution in [2.24, 2.45) is 10.9 Å². The van der Waals surface area contributed by atoms with Gasteiger partial charge in [0.2, 0.25) is 0 Å². The molecular formula is C21H33N5. The van der Waals surface area contributed by atoms with Crippen LogP contribution in [0.25, 0.3) is 10.9 Å². The lowest BCUT2D eigenvalue weighted by molar-refractivity contribution is 0.186. The zero-order chi connectivity index (χ0) is 18.2. The van der Waals surface area contributed by atoms with Crippen LogP contribution < -0.4 is 10.6 Å². The summed E-state index contributed by atoms with van der Waals surface area (Å²) < 4.78 is 0. The maximum atomic E-state index is 4.85. The summed E-state index contributed by atoms with van der Waals surface area (Å²) in [4.78, 5) is 10.7. The number of hydrogen-bond acceptors (Lipinski definition) is 2. The van der Waals surface area contributed by atoms with Crippen molar-refractivity contribution in [3.05, 3.63) is 36.0 Å². The van der Waals surface area contributed by atoms with E-state index in [9.17, 15) is 0 Å². The summed E-state index contributed by atoms with van der Waals surface area (Å²) in [7, 11) is 0. The number of para-hydroxylation sites is 1. The Balaban J connectivity index is 1.51. The zero-order valence-corrected chi connectivity index (χ0v) is 16.2. The number of hydrogen-bond donors (Lipinski definition) is 3. The van der Waals surface area contributed by atoms with Gasteiger partial charge in [-0.2, -0.15) is 0 Å². The van der Waals surface area contributed by atoms with E-state index in [1.165, 1.54) is 42.4 Å². The largest absolute Gasteiger partial charge is 0.361 e. The highest BCUT2D eigenvalue weighted by atomic mass is 15.2. The number of likely N-dealkylation sites (tertiary alicyclic amines) is 1. The minimum absolute atomic E-state index is 0.688. The normalized spacial score (nSPS) is 19.0. The average Bonchev–Trinajstić information content (AvgIpc) is 3.09. The quantitative estimate of drug-likeness (QED) is 0.529. The van der Waals surface area contributed by atoms with Crippen molar-refractivity contribution in [1.29, 1.82) is 0 Å². The molecule has 1 aliphatic heterocycles. The van der Waals surface area contributed by atoms with E-state index >= 15 is 0 Å². The van der Waals surface area contributed by atoms with Crippen LogP contribution in [0.4, 0.5) is 0 Å². The second kappa shape index (κ2) is 9.62. The summed E-state index contributed by atoms with van der Waals surface area (Å²) in [5.41, 5.74) is 2.57. The van der Waals surface area contributed by atoms with Gasteiger partial charge in [0.1, 0.15) is 0 Å². The summed E-state index contributed by atoms with van der Waals surface area (Å²) in [6.07, 6.45) is 5.71. The predicted octanol–water partition coefficient (Wildman–Crippen LogP) is 3.00. The first-order valence-electron chi connectivity index (χ1n) is 10.1. The van der Waals surface area contributed by atoms with Crippen molar-refractivity contribution in [1.82, 2.24) is 20.5 Å². The lowest BCUT2D eigenvalue weighted by Crippen LogP contribution is -2.40. The molecule has 2 heterocycles. The Morgan fingerprint density at radius 2 is 2.15 bits per heavy atom. The van der Waals surface area contributed by atoms with Crippen LogP contribution in [0.3, 0.4) is 0 Å². The van der Waals surface area contributed by atoms with Crippen LogP contribution in [0.2, 0.25) is 0 Å². The Morgan fingerprint density at radius 3 is 3.00 bits per heavy atom. The highest BCUT2D eigenvalue weighted by Crippen LogP contribution is 2.18. The molecule has 1 saturated heterocycles. The monoisotopic (exact) mass is 355 g/mol. The molecule has 1 aromatic heterocycles. The van der Waals surface area contributed by atoms with E-state index in [0.29, 0.717) is 5.92 Å².